The number of likely N-dealkylation sites (tertiary alicyclic amines) is 1. The number of nitrogens with zero attached hydrogens (tertiary/aromatic N) is 2. The average Bonchev–Trinajstić information content (AvgIpc) is 2.75. The van der Waals surface area contributed by atoms with Crippen LogP contribution in [0.15, 0.2) is 12.1 Å². The number of nitro benzene ring substituents is 1. The van der Waals surface area contributed by atoms with Crippen LogP contribution in [0.1, 0.15) is 42.5 Å². The number of esters is 1. The van der Waals surface area contributed by atoms with Gasteiger partial charge in [0.15, 0.2) is 11.5 Å². The smallest absolute Gasteiger partial charge is 0.305 e. The van der Waals surface area contributed by atoms with Crippen LogP contribution in [0.4, 0.5) is 5.69 Å². The number of hydrogen-bond acceptors (Lipinski definition) is 8. The van der Waals surface area contributed by atoms with E-state index in [1.165, 1.54) is 25.2 Å². The molecule has 0 radical (unpaired) electrons. The van der Waals surface area contributed by atoms with Crippen molar-refractivity contribution in [2.24, 2.45) is 0 Å². The van der Waals surface area contributed by atoms with Crippen molar-refractivity contribution in [2.45, 2.75) is 38.1 Å². The Morgan fingerprint density at radius 2 is 2.03 bits per heavy atom. The molecule has 1 heterocycles. The maximum Gasteiger partial charge on any atom is 0.305 e. The number of hydrogen-bond donors (Lipinski definition) is 1. The van der Waals surface area contributed by atoms with Gasteiger partial charge in [-0.25, -0.2) is 0 Å². The van der Waals surface area contributed by atoms with E-state index in [-0.39, 0.29) is 48.7 Å². The number of amides is 1. The second-order valence-corrected chi connectivity index (χ2v) is 6.64. The van der Waals surface area contributed by atoms with Crippen molar-refractivity contribution in [3.63, 3.8) is 0 Å². The van der Waals surface area contributed by atoms with Gasteiger partial charge in [0.05, 0.1) is 44.5 Å². The third-order valence-electron chi connectivity index (χ3n) is 4.82. The van der Waals surface area contributed by atoms with Gasteiger partial charge in [-0.2, -0.15) is 0 Å². The Hall–Kier alpha value is -2.88. The predicted molar refractivity (Wildman–Crippen MR) is 102 cm³/mol. The van der Waals surface area contributed by atoms with Gasteiger partial charge in [-0.15, -0.1) is 0 Å². The zero-order valence-corrected chi connectivity index (χ0v) is 16.6. The van der Waals surface area contributed by atoms with E-state index in [9.17, 15) is 24.8 Å². The average molecular weight is 410 g/mol. The van der Waals surface area contributed by atoms with Gasteiger partial charge in [0.25, 0.3) is 11.6 Å². The molecular formula is C19H26N2O8. The molecule has 160 valence electrons. The number of piperidine rings is 1. The summed E-state index contributed by atoms with van der Waals surface area (Å²) in [6.07, 6.45) is 2.81. The van der Waals surface area contributed by atoms with Crippen LogP contribution < -0.4 is 9.47 Å². The van der Waals surface area contributed by atoms with Crippen molar-refractivity contribution >= 4 is 17.6 Å². The molecule has 29 heavy (non-hydrogen) atoms. The molecule has 10 nitrogen and oxygen atoms in total. The third-order valence-corrected chi connectivity index (χ3v) is 4.82. The van der Waals surface area contributed by atoms with Gasteiger partial charge < -0.3 is 24.2 Å². The second-order valence-electron chi connectivity index (χ2n) is 6.64. The van der Waals surface area contributed by atoms with E-state index in [2.05, 4.69) is 4.74 Å². The molecule has 1 N–H and O–H groups in total. The molecular weight excluding hydrogens is 384 g/mol. The summed E-state index contributed by atoms with van der Waals surface area (Å²) in [5.41, 5.74) is -0.518. The number of aliphatic hydroxyl groups is 1. The van der Waals surface area contributed by atoms with Crippen LogP contribution >= 0.6 is 0 Å². The van der Waals surface area contributed by atoms with Gasteiger partial charge >= 0.3 is 5.97 Å². The van der Waals surface area contributed by atoms with Crippen LogP contribution in [-0.4, -0.2) is 66.8 Å². The first-order valence-electron chi connectivity index (χ1n) is 9.40. The first kappa shape index (κ1) is 22.4. The summed E-state index contributed by atoms with van der Waals surface area (Å²) in [7, 11) is 2.66. The highest BCUT2D eigenvalue weighted by Crippen LogP contribution is 2.36. The van der Waals surface area contributed by atoms with E-state index in [4.69, 9.17) is 9.47 Å². The minimum absolute atomic E-state index is 0.109. The van der Waals surface area contributed by atoms with Crippen LogP contribution in [-0.2, 0) is 9.53 Å². The predicted octanol–water partition coefficient (Wildman–Crippen LogP) is 1.92. The molecule has 1 aromatic carbocycles. The number of aliphatic hydroxyl groups excluding tert-OH is 1. The number of ether oxygens (including phenoxy) is 3. The van der Waals surface area contributed by atoms with Crippen molar-refractivity contribution in [1.29, 1.82) is 0 Å². The van der Waals surface area contributed by atoms with E-state index in [0.717, 1.165) is 18.9 Å². The Morgan fingerprint density at radius 1 is 1.28 bits per heavy atom. The Bertz CT molecular complexity index is 752. The van der Waals surface area contributed by atoms with E-state index >= 15 is 0 Å². The lowest BCUT2D eigenvalue weighted by atomic mass is 10.0. The van der Waals surface area contributed by atoms with Gasteiger partial charge in [0, 0.05) is 19.0 Å². The lowest BCUT2D eigenvalue weighted by Gasteiger charge is -2.34. The third kappa shape index (κ3) is 5.57. The standard InChI is InChI=1S/C19H26N2O8/c1-27-16-10-14(19(24)20-8-4-3-6-13(20)12-22)15(21(25)26)11-17(16)29-9-5-7-18(23)28-2/h10-11,13,22H,3-9,12H2,1-2H3/t13-/m0/s1. The Kier molecular flexibility index (Phi) is 8.20. The van der Waals surface area contributed by atoms with Crippen molar-refractivity contribution in [3.05, 3.63) is 27.8 Å². The van der Waals surface area contributed by atoms with Crippen molar-refractivity contribution < 1.29 is 33.8 Å². The molecule has 1 aliphatic rings. The topological polar surface area (TPSA) is 128 Å². The summed E-state index contributed by atoms with van der Waals surface area (Å²) in [6.45, 7) is 0.349. The molecule has 1 saturated heterocycles. The van der Waals surface area contributed by atoms with Gasteiger partial charge in [-0.1, -0.05) is 0 Å². The quantitative estimate of drug-likeness (QED) is 0.283. The molecule has 0 spiro atoms. The Balaban J connectivity index is 2.27. The van der Waals surface area contributed by atoms with Crippen molar-refractivity contribution in [3.8, 4) is 11.5 Å². The van der Waals surface area contributed by atoms with E-state index in [1.807, 2.05) is 0 Å². The number of benzene rings is 1. The molecule has 1 amide bonds. The molecule has 1 atom stereocenters. The summed E-state index contributed by atoms with van der Waals surface area (Å²) in [6, 6.07) is 2.08. The summed E-state index contributed by atoms with van der Waals surface area (Å²) < 4.78 is 15.3. The minimum atomic E-state index is -0.647. The fraction of sp³-hybridized carbons (Fsp3) is 0.579. The molecule has 1 fully saturated rings. The van der Waals surface area contributed by atoms with Gasteiger partial charge in [-0.05, 0) is 25.7 Å². The normalized spacial score (nSPS) is 16.2. The first-order valence-corrected chi connectivity index (χ1v) is 9.40. The number of carbonyl (C=O) groups excluding carboxylic acids is 2. The van der Waals surface area contributed by atoms with Crippen molar-refractivity contribution in [2.75, 3.05) is 34.0 Å². The van der Waals surface area contributed by atoms with Crippen LogP contribution in [0.3, 0.4) is 0 Å². The first-order chi connectivity index (χ1) is 13.9. The van der Waals surface area contributed by atoms with Gasteiger partial charge in [0.2, 0.25) is 0 Å². The maximum absolute atomic E-state index is 13.0. The van der Waals surface area contributed by atoms with Crippen LogP contribution in [0, 0.1) is 10.1 Å². The highest BCUT2D eigenvalue weighted by molar-refractivity contribution is 5.99. The van der Waals surface area contributed by atoms with Crippen LogP contribution in [0.5, 0.6) is 11.5 Å². The largest absolute Gasteiger partial charge is 0.493 e. The highest BCUT2D eigenvalue weighted by Gasteiger charge is 2.32. The minimum Gasteiger partial charge on any atom is -0.493 e. The fourth-order valence-corrected chi connectivity index (χ4v) is 3.26. The Morgan fingerprint density at radius 3 is 2.66 bits per heavy atom. The van der Waals surface area contributed by atoms with E-state index in [1.54, 1.807) is 0 Å². The lowest BCUT2D eigenvalue weighted by molar-refractivity contribution is -0.385. The number of methoxy groups -OCH3 is 2. The van der Waals surface area contributed by atoms with Crippen molar-refractivity contribution in [1.82, 2.24) is 4.90 Å². The number of nitro groups is 1. The fourth-order valence-electron chi connectivity index (χ4n) is 3.26. The zero-order valence-electron chi connectivity index (χ0n) is 16.6. The second kappa shape index (κ2) is 10.6. The van der Waals surface area contributed by atoms with Gasteiger partial charge in [-0.3, -0.25) is 19.7 Å². The van der Waals surface area contributed by atoms with E-state index < -0.39 is 16.5 Å². The molecule has 10 heteroatoms. The number of carbonyl (C=O) groups is 2. The summed E-state index contributed by atoms with van der Waals surface area (Å²) in [4.78, 5) is 36.6. The molecule has 0 bridgehead atoms. The molecule has 0 aromatic heterocycles. The lowest BCUT2D eigenvalue weighted by Crippen LogP contribution is -2.45. The monoisotopic (exact) mass is 410 g/mol. The summed E-state index contributed by atoms with van der Waals surface area (Å²) in [5, 5.41) is 21.2. The number of rotatable bonds is 9. The van der Waals surface area contributed by atoms with E-state index in [0.29, 0.717) is 19.4 Å². The SMILES string of the molecule is COC(=O)CCCOc1cc([N+](=O)[O-])c(C(=O)N2CCCC[C@H]2CO)cc1OC. The molecule has 1 aromatic rings. The van der Waals surface area contributed by atoms with Gasteiger partial charge in [0.1, 0.15) is 5.56 Å². The van der Waals surface area contributed by atoms with Crippen LogP contribution in [0.25, 0.3) is 0 Å². The Labute approximate surface area is 168 Å². The molecule has 2 rings (SSSR count). The summed E-state index contributed by atoms with van der Waals surface area (Å²) in [5.74, 6) is -0.619. The zero-order chi connectivity index (χ0) is 21.4. The maximum atomic E-state index is 13.0. The summed E-state index contributed by atoms with van der Waals surface area (Å²) >= 11 is 0. The molecule has 0 saturated carbocycles. The highest BCUT2D eigenvalue weighted by atomic mass is 16.6. The molecule has 0 aliphatic carbocycles. The molecule has 1 aliphatic heterocycles. The van der Waals surface area contributed by atoms with Crippen LogP contribution in [0.2, 0.25) is 0 Å². The molecule has 0 unspecified atom stereocenters.